The van der Waals surface area contributed by atoms with E-state index in [4.69, 9.17) is 0 Å². The summed E-state index contributed by atoms with van der Waals surface area (Å²) in [6, 6.07) is 4.42. The van der Waals surface area contributed by atoms with E-state index in [1.165, 1.54) is 17.1 Å². The summed E-state index contributed by atoms with van der Waals surface area (Å²) in [4.78, 5) is 10.5. The van der Waals surface area contributed by atoms with E-state index in [2.05, 4.69) is 5.29 Å². The quantitative estimate of drug-likeness (QED) is 0.644. The normalized spacial score (nSPS) is 18.1. The fourth-order valence-electron chi connectivity index (χ4n) is 1.89. The van der Waals surface area contributed by atoms with Crippen molar-refractivity contribution in [3.8, 4) is 0 Å². The van der Waals surface area contributed by atoms with E-state index >= 15 is 0 Å². The van der Waals surface area contributed by atoms with Crippen molar-refractivity contribution < 1.29 is 4.39 Å². The minimum atomic E-state index is -0.274. The molecule has 0 saturated carbocycles. The van der Waals surface area contributed by atoms with Crippen LogP contribution in [0.1, 0.15) is 19.4 Å². The van der Waals surface area contributed by atoms with Gasteiger partial charge in [-0.15, -0.1) is 4.91 Å². The van der Waals surface area contributed by atoms with Crippen molar-refractivity contribution in [2.45, 2.75) is 19.3 Å². The minimum absolute atomic E-state index is 0.217. The molecule has 3 nitrogen and oxygen atoms in total. The third-order valence-corrected chi connectivity index (χ3v) is 2.61. The largest absolute Gasteiger partial charge is 0.228 e. The highest BCUT2D eigenvalue weighted by Gasteiger charge is 2.36. The lowest BCUT2D eigenvalue weighted by Crippen LogP contribution is -2.24. The minimum Gasteiger partial charge on any atom is -0.228 e. The van der Waals surface area contributed by atoms with Gasteiger partial charge in [0.05, 0.1) is 17.5 Å². The Morgan fingerprint density at radius 1 is 1.50 bits per heavy atom. The summed E-state index contributed by atoms with van der Waals surface area (Å²) in [5.74, 6) is -0.274. The number of rotatable bonds is 1. The molecule has 0 aromatic heterocycles. The molecule has 1 aromatic carbocycles. The zero-order valence-electron chi connectivity index (χ0n) is 8.12. The number of fused-ring (bicyclic) bond motifs is 1. The molecule has 1 aromatic rings. The van der Waals surface area contributed by atoms with Crippen LogP contribution in [-0.4, -0.2) is 6.54 Å². The summed E-state index contributed by atoms with van der Waals surface area (Å²) in [7, 11) is 0. The van der Waals surface area contributed by atoms with Crippen molar-refractivity contribution in [1.82, 2.24) is 0 Å². The Labute approximate surface area is 81.5 Å². The SMILES string of the molecule is CC1(C)CN(N=O)c2ccc(F)cc21. The molecule has 0 aliphatic carbocycles. The average Bonchev–Trinajstić information content (AvgIpc) is 2.38. The highest BCUT2D eigenvalue weighted by molar-refractivity contribution is 5.61. The van der Waals surface area contributed by atoms with E-state index in [0.29, 0.717) is 12.2 Å². The lowest BCUT2D eigenvalue weighted by molar-refractivity contribution is 0.548. The first-order chi connectivity index (χ1) is 6.54. The summed E-state index contributed by atoms with van der Waals surface area (Å²) in [5.41, 5.74) is 1.34. The van der Waals surface area contributed by atoms with Crippen LogP contribution in [0.4, 0.5) is 10.1 Å². The van der Waals surface area contributed by atoms with Gasteiger partial charge in [-0.3, -0.25) is 0 Å². The first-order valence-electron chi connectivity index (χ1n) is 4.45. The van der Waals surface area contributed by atoms with Crippen LogP contribution in [0.5, 0.6) is 0 Å². The molecule has 1 aliphatic heterocycles. The number of halogens is 1. The van der Waals surface area contributed by atoms with Gasteiger partial charge in [-0.25, -0.2) is 9.40 Å². The molecule has 1 aliphatic rings. The zero-order valence-corrected chi connectivity index (χ0v) is 8.12. The molecule has 2 rings (SSSR count). The second kappa shape index (κ2) is 2.77. The van der Waals surface area contributed by atoms with E-state index in [-0.39, 0.29) is 11.2 Å². The number of hydrogen-bond donors (Lipinski definition) is 0. The average molecular weight is 194 g/mol. The molecule has 14 heavy (non-hydrogen) atoms. The van der Waals surface area contributed by atoms with Crippen LogP contribution in [0.2, 0.25) is 0 Å². The molecule has 4 heteroatoms. The molecule has 0 amide bonds. The smallest absolute Gasteiger partial charge is 0.123 e. The fourth-order valence-corrected chi connectivity index (χ4v) is 1.89. The number of nitroso groups, excluding NO2 is 1. The highest BCUT2D eigenvalue weighted by Crippen LogP contribution is 2.40. The van der Waals surface area contributed by atoms with Gasteiger partial charge in [-0.05, 0) is 23.8 Å². The van der Waals surface area contributed by atoms with Gasteiger partial charge >= 0.3 is 0 Å². The van der Waals surface area contributed by atoms with Gasteiger partial charge in [0.2, 0.25) is 0 Å². The molecule has 0 spiro atoms. The van der Waals surface area contributed by atoms with E-state index in [9.17, 15) is 9.30 Å². The Morgan fingerprint density at radius 2 is 2.21 bits per heavy atom. The van der Waals surface area contributed by atoms with Crippen LogP contribution < -0.4 is 5.01 Å². The molecule has 0 N–H and O–H groups in total. The molecule has 0 saturated heterocycles. The van der Waals surface area contributed by atoms with Crippen LogP contribution in [0.25, 0.3) is 0 Å². The topological polar surface area (TPSA) is 32.7 Å². The molecule has 0 fully saturated rings. The second-order valence-electron chi connectivity index (χ2n) is 4.18. The monoisotopic (exact) mass is 194 g/mol. The molecule has 0 radical (unpaired) electrons. The van der Waals surface area contributed by atoms with E-state index in [1.54, 1.807) is 6.07 Å². The lowest BCUT2D eigenvalue weighted by Gasteiger charge is -2.16. The summed E-state index contributed by atoms with van der Waals surface area (Å²) in [6.45, 7) is 4.45. The highest BCUT2D eigenvalue weighted by atomic mass is 19.1. The van der Waals surface area contributed by atoms with Gasteiger partial charge in [-0.2, -0.15) is 0 Å². The predicted octanol–water partition coefficient (Wildman–Crippen LogP) is 2.60. The van der Waals surface area contributed by atoms with Gasteiger partial charge in [-0.1, -0.05) is 13.8 Å². The van der Waals surface area contributed by atoms with Crippen molar-refractivity contribution in [3.05, 3.63) is 34.5 Å². The predicted molar refractivity (Wildman–Crippen MR) is 52.6 cm³/mol. The lowest BCUT2D eigenvalue weighted by atomic mass is 9.87. The van der Waals surface area contributed by atoms with Crippen LogP contribution in [0.3, 0.4) is 0 Å². The van der Waals surface area contributed by atoms with E-state index < -0.39 is 0 Å². The maximum atomic E-state index is 13.0. The van der Waals surface area contributed by atoms with Crippen LogP contribution >= 0.6 is 0 Å². The maximum absolute atomic E-state index is 13.0. The second-order valence-corrected chi connectivity index (χ2v) is 4.18. The van der Waals surface area contributed by atoms with Crippen molar-refractivity contribution in [3.63, 3.8) is 0 Å². The summed E-state index contributed by atoms with van der Waals surface area (Å²) >= 11 is 0. The molecule has 0 bridgehead atoms. The number of anilines is 1. The van der Waals surface area contributed by atoms with Crippen molar-refractivity contribution in [2.75, 3.05) is 11.6 Å². The fraction of sp³-hybridized carbons (Fsp3) is 0.400. The molecular weight excluding hydrogens is 183 g/mol. The maximum Gasteiger partial charge on any atom is 0.123 e. The Bertz CT molecular complexity index is 390. The van der Waals surface area contributed by atoms with Crippen molar-refractivity contribution in [1.29, 1.82) is 0 Å². The third-order valence-electron chi connectivity index (χ3n) is 2.61. The third kappa shape index (κ3) is 1.18. The van der Waals surface area contributed by atoms with Crippen LogP contribution in [0, 0.1) is 10.7 Å². The first kappa shape index (κ1) is 9.12. The van der Waals surface area contributed by atoms with Crippen molar-refractivity contribution >= 4 is 5.69 Å². The first-order valence-corrected chi connectivity index (χ1v) is 4.45. The standard InChI is InChI=1S/C10H11FN2O/c1-10(2)6-13(12-14)9-4-3-7(11)5-8(9)10/h3-5H,6H2,1-2H3. The van der Waals surface area contributed by atoms with E-state index in [1.807, 2.05) is 13.8 Å². The zero-order chi connectivity index (χ0) is 10.3. The van der Waals surface area contributed by atoms with Gasteiger partial charge < -0.3 is 0 Å². The van der Waals surface area contributed by atoms with Crippen molar-refractivity contribution in [2.24, 2.45) is 5.29 Å². The molecule has 74 valence electrons. The summed E-state index contributed by atoms with van der Waals surface area (Å²) in [6.07, 6.45) is 0. The number of nitrogens with zero attached hydrogens (tertiary/aromatic N) is 2. The Hall–Kier alpha value is -1.45. The molecule has 0 unspecified atom stereocenters. The number of hydrogen-bond acceptors (Lipinski definition) is 2. The van der Waals surface area contributed by atoms with Gasteiger partial charge in [0.1, 0.15) is 5.82 Å². The van der Waals surface area contributed by atoms with Gasteiger partial charge in [0.25, 0.3) is 0 Å². The van der Waals surface area contributed by atoms with Crippen LogP contribution in [-0.2, 0) is 5.41 Å². The van der Waals surface area contributed by atoms with E-state index in [0.717, 1.165) is 5.56 Å². The molecular formula is C10H11FN2O. The molecule has 0 atom stereocenters. The Kier molecular flexibility index (Phi) is 1.80. The Balaban J connectivity index is 2.59. The van der Waals surface area contributed by atoms with Gasteiger partial charge in [0.15, 0.2) is 0 Å². The summed E-state index contributed by atoms with van der Waals surface area (Å²) in [5, 5.41) is 4.28. The summed E-state index contributed by atoms with van der Waals surface area (Å²) < 4.78 is 13.0. The Morgan fingerprint density at radius 3 is 2.86 bits per heavy atom. The molecule has 1 heterocycles. The number of benzene rings is 1. The van der Waals surface area contributed by atoms with Crippen LogP contribution in [0.15, 0.2) is 23.5 Å². The van der Waals surface area contributed by atoms with Gasteiger partial charge in [0, 0.05) is 5.41 Å².